The van der Waals surface area contributed by atoms with Crippen LogP contribution in [0.1, 0.15) is 54.6 Å². The number of nitrogens with zero attached hydrogens (tertiary/aromatic N) is 3. The number of hydrogen-bond donors (Lipinski definition) is 1. The van der Waals surface area contributed by atoms with Gasteiger partial charge in [0, 0.05) is 24.6 Å². The maximum atomic E-state index is 14.1. The molecule has 1 amide bonds. The number of aryl methyl sites for hydroxylation is 1. The number of halogens is 3. The van der Waals surface area contributed by atoms with Crippen molar-refractivity contribution in [2.45, 2.75) is 58.5 Å². The Bertz CT molecular complexity index is 1040. The van der Waals surface area contributed by atoms with Gasteiger partial charge in [0.1, 0.15) is 5.82 Å². The molecule has 1 aromatic carbocycles. The fraction of sp³-hybridized carbons (Fsp3) is 0.522. The van der Waals surface area contributed by atoms with Crippen LogP contribution < -0.4 is 0 Å². The van der Waals surface area contributed by atoms with E-state index >= 15 is 0 Å². The minimum absolute atomic E-state index is 0.00663. The number of benzene rings is 1. The molecule has 2 aliphatic rings. The standard InChI is InChI=1S/C23H26F3N3O3/c1-13-17-6-7-28(22(30)8-14-2-4-15(5-3-14)23(31)32)12-21(17)29(27-13)11-16-9-19(25)20(26)10-18(16)24/h9-10,14-15H,2-8,11-12H2,1H3,(H,31,32)/t14-,15-. The number of fused-ring (bicyclic) bond motifs is 1. The SMILES string of the molecule is Cc1nn(Cc2cc(F)c(F)cc2F)c2c1CCN(C(=O)C[C@H]1CC[C@H](C(=O)O)CC1)C2. The Hall–Kier alpha value is -2.84. The lowest BCUT2D eigenvalue weighted by molar-refractivity contribution is -0.143. The molecule has 0 unspecified atom stereocenters. The molecule has 2 heterocycles. The van der Waals surface area contributed by atoms with E-state index in [0.29, 0.717) is 44.8 Å². The van der Waals surface area contributed by atoms with Gasteiger partial charge in [-0.05, 0) is 56.6 Å². The smallest absolute Gasteiger partial charge is 0.306 e. The molecule has 1 saturated carbocycles. The highest BCUT2D eigenvalue weighted by atomic mass is 19.2. The zero-order valence-corrected chi connectivity index (χ0v) is 17.9. The van der Waals surface area contributed by atoms with Crippen LogP contribution in [-0.2, 0) is 29.1 Å². The lowest BCUT2D eigenvalue weighted by atomic mass is 9.80. The van der Waals surface area contributed by atoms with Crippen molar-refractivity contribution < 1.29 is 27.9 Å². The molecule has 6 nitrogen and oxygen atoms in total. The average Bonchev–Trinajstić information content (AvgIpc) is 3.07. The van der Waals surface area contributed by atoms with Gasteiger partial charge in [-0.25, -0.2) is 13.2 Å². The molecule has 9 heteroatoms. The van der Waals surface area contributed by atoms with Crippen LogP contribution in [0.5, 0.6) is 0 Å². The first-order valence-corrected chi connectivity index (χ1v) is 10.9. The molecule has 1 aliphatic heterocycles. The van der Waals surface area contributed by atoms with E-state index < -0.39 is 23.4 Å². The third-order valence-electron chi connectivity index (χ3n) is 6.76. The molecule has 0 atom stereocenters. The summed E-state index contributed by atoms with van der Waals surface area (Å²) in [5, 5.41) is 13.6. The van der Waals surface area contributed by atoms with Crippen LogP contribution in [0.15, 0.2) is 12.1 Å². The lowest BCUT2D eigenvalue weighted by Gasteiger charge is -2.31. The first kappa shape index (κ1) is 22.4. The number of carbonyl (C=O) groups is 2. The van der Waals surface area contributed by atoms with E-state index in [0.717, 1.165) is 35.9 Å². The summed E-state index contributed by atoms with van der Waals surface area (Å²) in [4.78, 5) is 25.8. The Morgan fingerprint density at radius 3 is 2.47 bits per heavy atom. The molecule has 1 N–H and O–H groups in total. The first-order chi connectivity index (χ1) is 15.2. The highest BCUT2D eigenvalue weighted by Crippen LogP contribution is 2.32. The Morgan fingerprint density at radius 2 is 1.78 bits per heavy atom. The summed E-state index contributed by atoms with van der Waals surface area (Å²) in [7, 11) is 0. The van der Waals surface area contributed by atoms with Crippen molar-refractivity contribution in [3.63, 3.8) is 0 Å². The molecule has 0 radical (unpaired) electrons. The summed E-state index contributed by atoms with van der Waals surface area (Å²) >= 11 is 0. The Labute approximate surface area is 184 Å². The molecule has 1 fully saturated rings. The van der Waals surface area contributed by atoms with Crippen molar-refractivity contribution >= 4 is 11.9 Å². The predicted octanol–water partition coefficient (Wildman–Crippen LogP) is 3.82. The fourth-order valence-corrected chi connectivity index (χ4v) is 4.85. The first-order valence-electron chi connectivity index (χ1n) is 10.9. The average molecular weight is 449 g/mol. The third kappa shape index (κ3) is 4.52. The molecule has 1 aromatic heterocycles. The van der Waals surface area contributed by atoms with Gasteiger partial charge >= 0.3 is 5.97 Å². The van der Waals surface area contributed by atoms with E-state index in [1.807, 2.05) is 6.92 Å². The topological polar surface area (TPSA) is 75.4 Å². The molecule has 0 spiro atoms. The molecule has 0 bridgehead atoms. The number of aliphatic carboxylic acids is 1. The van der Waals surface area contributed by atoms with Gasteiger partial charge in [-0.2, -0.15) is 5.10 Å². The maximum Gasteiger partial charge on any atom is 0.306 e. The molecule has 0 saturated heterocycles. The summed E-state index contributed by atoms with van der Waals surface area (Å²) in [6.07, 6.45) is 3.67. The van der Waals surface area contributed by atoms with E-state index in [-0.39, 0.29) is 29.9 Å². The van der Waals surface area contributed by atoms with Crippen molar-refractivity contribution in [1.82, 2.24) is 14.7 Å². The number of carboxylic acids is 1. The van der Waals surface area contributed by atoms with E-state index in [1.165, 1.54) is 0 Å². The number of amides is 1. The van der Waals surface area contributed by atoms with Gasteiger partial charge in [-0.15, -0.1) is 0 Å². The molecule has 32 heavy (non-hydrogen) atoms. The van der Waals surface area contributed by atoms with Crippen molar-refractivity contribution in [2.75, 3.05) is 6.54 Å². The number of rotatable bonds is 5. The van der Waals surface area contributed by atoms with Crippen LogP contribution in [0.3, 0.4) is 0 Å². The second-order valence-electron chi connectivity index (χ2n) is 8.85. The summed E-state index contributed by atoms with van der Waals surface area (Å²) < 4.78 is 42.6. The van der Waals surface area contributed by atoms with E-state index in [1.54, 1.807) is 9.58 Å². The number of carboxylic acid groups (broad SMARTS) is 1. The van der Waals surface area contributed by atoms with Crippen LogP contribution >= 0.6 is 0 Å². The van der Waals surface area contributed by atoms with Gasteiger partial charge in [0.25, 0.3) is 0 Å². The van der Waals surface area contributed by atoms with Crippen molar-refractivity contribution in [3.05, 3.63) is 52.1 Å². The second kappa shape index (κ2) is 8.96. The second-order valence-corrected chi connectivity index (χ2v) is 8.85. The number of carbonyl (C=O) groups excluding carboxylic acids is 1. The fourth-order valence-electron chi connectivity index (χ4n) is 4.85. The Kier molecular flexibility index (Phi) is 6.26. The van der Waals surface area contributed by atoms with Gasteiger partial charge in [0.15, 0.2) is 11.6 Å². The van der Waals surface area contributed by atoms with Crippen LogP contribution in [0.25, 0.3) is 0 Å². The van der Waals surface area contributed by atoms with Crippen LogP contribution in [0.2, 0.25) is 0 Å². The Morgan fingerprint density at radius 1 is 1.09 bits per heavy atom. The van der Waals surface area contributed by atoms with Crippen molar-refractivity contribution in [2.24, 2.45) is 11.8 Å². The van der Waals surface area contributed by atoms with Gasteiger partial charge in [-0.3, -0.25) is 14.3 Å². The van der Waals surface area contributed by atoms with Crippen LogP contribution in [0, 0.1) is 36.2 Å². The van der Waals surface area contributed by atoms with Crippen LogP contribution in [-0.4, -0.2) is 38.2 Å². The third-order valence-corrected chi connectivity index (χ3v) is 6.76. The van der Waals surface area contributed by atoms with E-state index in [9.17, 15) is 22.8 Å². The number of hydrogen-bond acceptors (Lipinski definition) is 3. The Balaban J connectivity index is 1.45. The molecular weight excluding hydrogens is 423 g/mol. The quantitative estimate of drug-likeness (QED) is 0.705. The van der Waals surface area contributed by atoms with Crippen molar-refractivity contribution in [1.29, 1.82) is 0 Å². The molecule has 1 aliphatic carbocycles. The molecular formula is C23H26F3N3O3. The van der Waals surface area contributed by atoms with E-state index in [2.05, 4.69) is 5.10 Å². The van der Waals surface area contributed by atoms with Crippen LogP contribution in [0.4, 0.5) is 13.2 Å². The van der Waals surface area contributed by atoms with E-state index in [4.69, 9.17) is 5.11 Å². The highest BCUT2D eigenvalue weighted by Gasteiger charge is 2.31. The maximum absolute atomic E-state index is 14.1. The van der Waals surface area contributed by atoms with Gasteiger partial charge in [0.05, 0.1) is 30.4 Å². The summed E-state index contributed by atoms with van der Waals surface area (Å²) in [5.41, 5.74) is 2.55. The zero-order valence-electron chi connectivity index (χ0n) is 17.9. The molecule has 2 aromatic rings. The normalized spacial score (nSPS) is 20.8. The zero-order chi connectivity index (χ0) is 23.0. The summed E-state index contributed by atoms with van der Waals surface area (Å²) in [6.45, 7) is 2.67. The number of aromatic nitrogens is 2. The minimum Gasteiger partial charge on any atom is -0.481 e. The highest BCUT2D eigenvalue weighted by molar-refractivity contribution is 5.77. The van der Waals surface area contributed by atoms with Gasteiger partial charge in [-0.1, -0.05) is 0 Å². The molecule has 4 rings (SSSR count). The summed E-state index contributed by atoms with van der Waals surface area (Å²) in [5.74, 6) is -4.08. The van der Waals surface area contributed by atoms with Gasteiger partial charge in [0.2, 0.25) is 5.91 Å². The monoisotopic (exact) mass is 449 g/mol. The lowest BCUT2D eigenvalue weighted by Crippen LogP contribution is -2.38. The minimum atomic E-state index is -1.24. The molecule has 172 valence electrons. The van der Waals surface area contributed by atoms with Gasteiger partial charge < -0.3 is 10.0 Å². The summed E-state index contributed by atoms with van der Waals surface area (Å²) in [6, 6.07) is 1.37. The largest absolute Gasteiger partial charge is 0.481 e. The van der Waals surface area contributed by atoms with Crippen molar-refractivity contribution in [3.8, 4) is 0 Å². The predicted molar refractivity (Wildman–Crippen MR) is 109 cm³/mol.